The molecule has 2 rings (SSSR count). The van der Waals surface area contributed by atoms with Crippen LogP contribution in [0.3, 0.4) is 0 Å². The predicted molar refractivity (Wildman–Crippen MR) is 78.1 cm³/mol. The van der Waals surface area contributed by atoms with Gasteiger partial charge in [0, 0.05) is 25.3 Å². The summed E-state index contributed by atoms with van der Waals surface area (Å²) in [6, 6.07) is 8.10. The van der Waals surface area contributed by atoms with E-state index < -0.39 is 0 Å². The van der Waals surface area contributed by atoms with E-state index in [1.807, 2.05) is 24.3 Å². The number of nitrogens with one attached hydrogen (secondary N) is 1. The minimum absolute atomic E-state index is 0.0209. The second-order valence-corrected chi connectivity index (χ2v) is 5.21. The Kier molecular flexibility index (Phi) is 4.80. The van der Waals surface area contributed by atoms with Crippen LogP contribution < -0.4 is 16.0 Å². The van der Waals surface area contributed by atoms with Crippen LogP contribution >= 0.6 is 0 Å². The Hall–Kier alpha value is -1.55. The number of rotatable bonds is 3. The molecule has 0 aromatic heterocycles. The van der Waals surface area contributed by atoms with Gasteiger partial charge in [0.05, 0.1) is 0 Å². The van der Waals surface area contributed by atoms with Gasteiger partial charge in [-0.25, -0.2) is 4.79 Å². The molecule has 1 aliphatic rings. The van der Waals surface area contributed by atoms with E-state index in [1.165, 1.54) is 19.3 Å². The molecule has 0 aliphatic heterocycles. The first-order valence-corrected chi connectivity index (χ1v) is 7.04. The van der Waals surface area contributed by atoms with Crippen LogP contribution in [-0.2, 0) is 6.54 Å². The van der Waals surface area contributed by atoms with Crippen molar-refractivity contribution in [3.8, 4) is 0 Å². The standard InChI is InChI=1S/C15H23N3O/c1-18(14-9-7-12(11-16)8-10-14)15(19)17-13-5-3-2-4-6-13/h7-10,13H,2-6,11,16H2,1H3,(H,17,19). The van der Waals surface area contributed by atoms with E-state index in [4.69, 9.17) is 5.73 Å². The first-order valence-electron chi connectivity index (χ1n) is 7.04. The van der Waals surface area contributed by atoms with Crippen molar-refractivity contribution in [1.29, 1.82) is 0 Å². The van der Waals surface area contributed by atoms with Crippen molar-refractivity contribution in [3.05, 3.63) is 29.8 Å². The van der Waals surface area contributed by atoms with Crippen LogP contribution in [0.2, 0.25) is 0 Å². The third-order valence-electron chi connectivity index (χ3n) is 3.80. The highest BCUT2D eigenvalue weighted by molar-refractivity contribution is 5.91. The number of nitrogens with two attached hydrogens (primary N) is 1. The topological polar surface area (TPSA) is 58.4 Å². The summed E-state index contributed by atoms with van der Waals surface area (Å²) in [4.78, 5) is 13.8. The van der Waals surface area contributed by atoms with Crippen LogP contribution in [0, 0.1) is 0 Å². The van der Waals surface area contributed by atoms with Crippen molar-refractivity contribution in [2.24, 2.45) is 5.73 Å². The Labute approximate surface area is 115 Å². The molecule has 0 heterocycles. The highest BCUT2D eigenvalue weighted by Gasteiger charge is 2.18. The summed E-state index contributed by atoms with van der Waals surface area (Å²) >= 11 is 0. The molecule has 0 bridgehead atoms. The third-order valence-corrected chi connectivity index (χ3v) is 3.80. The lowest BCUT2D eigenvalue weighted by molar-refractivity contribution is 0.239. The first kappa shape index (κ1) is 13.9. The smallest absolute Gasteiger partial charge is 0.321 e. The Morgan fingerprint density at radius 3 is 2.47 bits per heavy atom. The minimum Gasteiger partial charge on any atom is -0.335 e. The van der Waals surface area contributed by atoms with E-state index >= 15 is 0 Å². The van der Waals surface area contributed by atoms with Crippen LogP contribution in [0.4, 0.5) is 10.5 Å². The summed E-state index contributed by atoms with van der Waals surface area (Å²) in [5, 5.41) is 3.11. The molecule has 0 saturated heterocycles. The van der Waals surface area contributed by atoms with Gasteiger partial charge < -0.3 is 11.1 Å². The molecule has 2 amide bonds. The van der Waals surface area contributed by atoms with Gasteiger partial charge in [-0.1, -0.05) is 31.4 Å². The van der Waals surface area contributed by atoms with E-state index in [0.29, 0.717) is 12.6 Å². The van der Waals surface area contributed by atoms with Crippen LogP contribution in [0.5, 0.6) is 0 Å². The first-order chi connectivity index (χ1) is 9.20. The van der Waals surface area contributed by atoms with Crippen LogP contribution in [0.25, 0.3) is 0 Å². The Morgan fingerprint density at radius 1 is 1.26 bits per heavy atom. The molecule has 1 aliphatic carbocycles. The maximum Gasteiger partial charge on any atom is 0.321 e. The molecular weight excluding hydrogens is 238 g/mol. The monoisotopic (exact) mass is 261 g/mol. The lowest BCUT2D eigenvalue weighted by Crippen LogP contribution is -2.43. The van der Waals surface area contributed by atoms with Crippen molar-refractivity contribution < 1.29 is 4.79 Å². The zero-order valence-corrected chi connectivity index (χ0v) is 11.6. The van der Waals surface area contributed by atoms with Crippen LogP contribution in [0.15, 0.2) is 24.3 Å². The van der Waals surface area contributed by atoms with Gasteiger partial charge in [0.15, 0.2) is 0 Å². The number of anilines is 1. The average molecular weight is 261 g/mol. The predicted octanol–water partition coefficient (Wildman–Crippen LogP) is 2.62. The molecule has 4 heteroatoms. The Morgan fingerprint density at radius 2 is 1.89 bits per heavy atom. The molecule has 0 spiro atoms. The second kappa shape index (κ2) is 6.57. The van der Waals surface area contributed by atoms with Gasteiger partial charge >= 0.3 is 6.03 Å². The maximum atomic E-state index is 12.2. The van der Waals surface area contributed by atoms with Crippen molar-refractivity contribution in [3.63, 3.8) is 0 Å². The van der Waals surface area contributed by atoms with Gasteiger partial charge in [0.25, 0.3) is 0 Å². The van der Waals surface area contributed by atoms with Crippen LogP contribution in [-0.4, -0.2) is 19.1 Å². The van der Waals surface area contributed by atoms with Crippen molar-refractivity contribution in [1.82, 2.24) is 5.32 Å². The number of carbonyl (C=O) groups is 1. The van der Waals surface area contributed by atoms with E-state index in [0.717, 1.165) is 24.1 Å². The Balaban J connectivity index is 1.93. The van der Waals surface area contributed by atoms with Gasteiger partial charge in [-0.2, -0.15) is 0 Å². The van der Waals surface area contributed by atoms with E-state index in [9.17, 15) is 4.79 Å². The van der Waals surface area contributed by atoms with Crippen LogP contribution in [0.1, 0.15) is 37.7 Å². The van der Waals surface area contributed by atoms with E-state index in [2.05, 4.69) is 5.32 Å². The van der Waals surface area contributed by atoms with Gasteiger partial charge in [-0.05, 0) is 30.5 Å². The zero-order valence-electron chi connectivity index (χ0n) is 11.6. The summed E-state index contributed by atoms with van der Waals surface area (Å²) in [6.07, 6.45) is 5.94. The molecule has 104 valence electrons. The molecule has 0 radical (unpaired) electrons. The molecule has 1 saturated carbocycles. The van der Waals surface area contributed by atoms with Gasteiger partial charge in [-0.15, -0.1) is 0 Å². The van der Waals surface area contributed by atoms with Gasteiger partial charge in [-0.3, -0.25) is 4.90 Å². The molecular formula is C15H23N3O. The molecule has 19 heavy (non-hydrogen) atoms. The summed E-state index contributed by atoms with van der Waals surface area (Å²) in [5.41, 5.74) is 7.53. The van der Waals surface area contributed by atoms with E-state index in [1.54, 1.807) is 11.9 Å². The highest BCUT2D eigenvalue weighted by Crippen LogP contribution is 2.19. The second-order valence-electron chi connectivity index (χ2n) is 5.21. The molecule has 1 aromatic rings. The normalized spacial score (nSPS) is 16.1. The summed E-state index contributed by atoms with van der Waals surface area (Å²) in [6.45, 7) is 0.526. The number of nitrogens with zero attached hydrogens (tertiary/aromatic N) is 1. The summed E-state index contributed by atoms with van der Waals surface area (Å²) < 4.78 is 0. The van der Waals surface area contributed by atoms with Crippen molar-refractivity contribution in [2.45, 2.75) is 44.7 Å². The molecule has 0 atom stereocenters. The van der Waals surface area contributed by atoms with Crippen molar-refractivity contribution in [2.75, 3.05) is 11.9 Å². The third kappa shape index (κ3) is 3.70. The fraction of sp³-hybridized carbons (Fsp3) is 0.533. The van der Waals surface area contributed by atoms with Gasteiger partial charge in [0.1, 0.15) is 0 Å². The average Bonchev–Trinajstić information content (AvgIpc) is 2.47. The minimum atomic E-state index is -0.0209. The fourth-order valence-corrected chi connectivity index (χ4v) is 2.49. The summed E-state index contributed by atoms with van der Waals surface area (Å²) in [7, 11) is 1.80. The molecule has 4 nitrogen and oxygen atoms in total. The summed E-state index contributed by atoms with van der Waals surface area (Å²) in [5.74, 6) is 0. The zero-order chi connectivity index (χ0) is 13.7. The molecule has 1 aromatic carbocycles. The lowest BCUT2D eigenvalue weighted by atomic mass is 9.96. The number of hydrogen-bond acceptors (Lipinski definition) is 2. The number of benzene rings is 1. The highest BCUT2D eigenvalue weighted by atomic mass is 16.2. The number of hydrogen-bond donors (Lipinski definition) is 2. The van der Waals surface area contributed by atoms with E-state index in [-0.39, 0.29) is 6.03 Å². The lowest BCUT2D eigenvalue weighted by Gasteiger charge is -2.26. The number of carbonyl (C=O) groups excluding carboxylic acids is 1. The van der Waals surface area contributed by atoms with Crippen molar-refractivity contribution >= 4 is 11.7 Å². The maximum absolute atomic E-state index is 12.2. The fourth-order valence-electron chi connectivity index (χ4n) is 2.49. The number of amides is 2. The molecule has 1 fully saturated rings. The molecule has 3 N–H and O–H groups in total. The quantitative estimate of drug-likeness (QED) is 0.878. The number of urea groups is 1. The molecule has 0 unspecified atom stereocenters. The Bertz CT molecular complexity index is 410. The SMILES string of the molecule is CN(C(=O)NC1CCCCC1)c1ccc(CN)cc1. The largest absolute Gasteiger partial charge is 0.335 e. The van der Waals surface area contributed by atoms with Gasteiger partial charge in [0.2, 0.25) is 0 Å².